The fourth-order valence-corrected chi connectivity index (χ4v) is 4.04. The number of nitrogens with zero attached hydrogens (tertiary/aromatic N) is 3. The van der Waals surface area contributed by atoms with Crippen molar-refractivity contribution in [3.63, 3.8) is 0 Å². The molecule has 0 aliphatic rings. The van der Waals surface area contributed by atoms with E-state index in [9.17, 15) is 4.79 Å². The molecule has 0 spiro atoms. The smallest absolute Gasteiger partial charge is 0.227 e. The van der Waals surface area contributed by atoms with Crippen LogP contribution >= 0.6 is 11.3 Å². The zero-order chi connectivity index (χ0) is 23.0. The van der Waals surface area contributed by atoms with E-state index in [1.165, 1.54) is 11.3 Å². The van der Waals surface area contributed by atoms with Crippen LogP contribution in [0.4, 0.5) is 5.13 Å². The minimum Gasteiger partial charge on any atom is -0.497 e. The summed E-state index contributed by atoms with van der Waals surface area (Å²) in [5.41, 5.74) is 1.94. The van der Waals surface area contributed by atoms with E-state index in [0.717, 1.165) is 33.9 Å². The van der Waals surface area contributed by atoms with Crippen LogP contribution in [-0.2, 0) is 17.6 Å². The number of nitrogens with one attached hydrogen (secondary N) is 1. The molecule has 1 N–H and O–H groups in total. The predicted octanol–water partition coefficient (Wildman–Crippen LogP) is 4.76. The Balaban J connectivity index is 1.27. The van der Waals surface area contributed by atoms with Crippen LogP contribution in [0.15, 0.2) is 59.3 Å². The Morgan fingerprint density at radius 3 is 2.79 bits per heavy atom. The molecule has 2 heterocycles. The molecule has 0 radical (unpaired) electrons. The number of anilines is 1. The topological polar surface area (TPSA) is 99.4 Å². The number of rotatable bonds is 10. The largest absolute Gasteiger partial charge is 0.497 e. The van der Waals surface area contributed by atoms with Gasteiger partial charge < -0.3 is 19.3 Å². The van der Waals surface area contributed by atoms with E-state index in [4.69, 9.17) is 14.0 Å². The van der Waals surface area contributed by atoms with Gasteiger partial charge in [0.2, 0.25) is 17.6 Å². The summed E-state index contributed by atoms with van der Waals surface area (Å²) in [6.07, 6.45) is 3.07. The minimum absolute atomic E-state index is 0.155. The fourth-order valence-electron chi connectivity index (χ4n) is 3.17. The van der Waals surface area contributed by atoms with Crippen molar-refractivity contribution in [2.75, 3.05) is 19.0 Å². The molecule has 4 rings (SSSR count). The number of carbonyl (C=O) groups is 1. The fraction of sp³-hybridized carbons (Fsp3) is 0.250. The van der Waals surface area contributed by atoms with Gasteiger partial charge in [-0.15, -0.1) is 11.3 Å². The van der Waals surface area contributed by atoms with Crippen molar-refractivity contribution in [1.29, 1.82) is 0 Å². The first-order valence-corrected chi connectivity index (χ1v) is 11.4. The number of hydrogen-bond acceptors (Lipinski definition) is 8. The maximum Gasteiger partial charge on any atom is 0.227 e. The highest BCUT2D eigenvalue weighted by atomic mass is 32.1. The van der Waals surface area contributed by atoms with Gasteiger partial charge in [-0.25, -0.2) is 4.98 Å². The third-order valence-corrected chi connectivity index (χ3v) is 5.68. The highest BCUT2D eigenvalue weighted by Gasteiger charge is 2.12. The lowest BCUT2D eigenvalue weighted by molar-refractivity contribution is -0.116. The number of ether oxygens (including phenoxy) is 2. The summed E-state index contributed by atoms with van der Waals surface area (Å²) in [5, 5.41) is 7.41. The van der Waals surface area contributed by atoms with E-state index in [-0.39, 0.29) is 12.3 Å². The van der Waals surface area contributed by atoms with Crippen molar-refractivity contribution < 1.29 is 18.8 Å². The summed E-state index contributed by atoms with van der Waals surface area (Å²) in [6, 6.07) is 15.4. The highest BCUT2D eigenvalue weighted by molar-refractivity contribution is 7.15. The summed E-state index contributed by atoms with van der Waals surface area (Å²) < 4.78 is 16.0. The number of thiazole rings is 1. The molecule has 2 aromatic heterocycles. The van der Waals surface area contributed by atoms with Crippen LogP contribution in [0, 0.1) is 0 Å². The van der Waals surface area contributed by atoms with Gasteiger partial charge in [-0.05, 0) is 48.9 Å². The van der Waals surface area contributed by atoms with Crippen molar-refractivity contribution >= 4 is 22.4 Å². The average molecular weight is 465 g/mol. The number of methoxy groups -OCH3 is 1. The molecule has 9 heteroatoms. The van der Waals surface area contributed by atoms with E-state index in [2.05, 4.69) is 20.4 Å². The van der Waals surface area contributed by atoms with Crippen LogP contribution in [0.3, 0.4) is 0 Å². The van der Waals surface area contributed by atoms with Gasteiger partial charge in [-0.3, -0.25) is 4.79 Å². The number of aromatic nitrogens is 3. The summed E-state index contributed by atoms with van der Waals surface area (Å²) in [5.74, 6) is 2.34. The second-order valence-corrected chi connectivity index (χ2v) is 8.29. The molecule has 0 saturated carbocycles. The van der Waals surface area contributed by atoms with Crippen LogP contribution in [-0.4, -0.2) is 34.7 Å². The Labute approximate surface area is 195 Å². The molecule has 0 atom stereocenters. The van der Waals surface area contributed by atoms with E-state index in [1.54, 1.807) is 13.3 Å². The SMILES string of the molecule is CCOc1ccc(-c2noc(CCC(=O)Nc3ncc(Cc4cccc(OC)c4)s3)n2)cc1. The van der Waals surface area contributed by atoms with Gasteiger partial charge in [-0.2, -0.15) is 4.98 Å². The molecule has 0 aliphatic carbocycles. The lowest BCUT2D eigenvalue weighted by Gasteiger charge is -2.02. The number of aryl methyl sites for hydroxylation is 1. The Morgan fingerprint density at radius 1 is 1.15 bits per heavy atom. The number of benzene rings is 2. The molecule has 33 heavy (non-hydrogen) atoms. The first-order valence-electron chi connectivity index (χ1n) is 10.6. The standard InChI is InChI=1S/C24H24N4O4S/c1-3-31-18-9-7-17(8-10-18)23-27-22(32-28-23)12-11-21(29)26-24-25-15-20(33-24)14-16-5-4-6-19(13-16)30-2/h4-10,13,15H,3,11-12,14H2,1-2H3,(H,25,26,29). The summed E-state index contributed by atoms with van der Waals surface area (Å²) in [6.45, 7) is 2.55. The van der Waals surface area contributed by atoms with Crippen LogP contribution in [0.25, 0.3) is 11.4 Å². The van der Waals surface area contributed by atoms with E-state index >= 15 is 0 Å². The summed E-state index contributed by atoms with van der Waals surface area (Å²) in [4.78, 5) is 22.1. The molecule has 0 unspecified atom stereocenters. The quantitative estimate of drug-likeness (QED) is 0.361. The van der Waals surface area contributed by atoms with E-state index in [1.807, 2.05) is 55.5 Å². The van der Waals surface area contributed by atoms with Gasteiger partial charge in [0.25, 0.3) is 0 Å². The van der Waals surface area contributed by atoms with Crippen LogP contribution in [0.2, 0.25) is 0 Å². The van der Waals surface area contributed by atoms with Crippen LogP contribution < -0.4 is 14.8 Å². The van der Waals surface area contributed by atoms with Gasteiger partial charge in [0.15, 0.2) is 5.13 Å². The molecule has 2 aromatic carbocycles. The molecule has 0 aliphatic heterocycles. The number of amides is 1. The third-order valence-electron chi connectivity index (χ3n) is 4.77. The monoisotopic (exact) mass is 464 g/mol. The van der Waals surface area contributed by atoms with Gasteiger partial charge in [0.1, 0.15) is 11.5 Å². The molecule has 4 aromatic rings. The van der Waals surface area contributed by atoms with Crippen molar-refractivity contribution in [3.8, 4) is 22.9 Å². The van der Waals surface area contributed by atoms with Crippen LogP contribution in [0.5, 0.6) is 11.5 Å². The molecule has 0 saturated heterocycles. The van der Waals surface area contributed by atoms with E-state index in [0.29, 0.717) is 29.9 Å². The Bertz CT molecular complexity index is 1200. The molecule has 1 amide bonds. The Hall–Kier alpha value is -3.72. The summed E-state index contributed by atoms with van der Waals surface area (Å²) in [7, 11) is 1.65. The summed E-state index contributed by atoms with van der Waals surface area (Å²) >= 11 is 1.45. The lowest BCUT2D eigenvalue weighted by atomic mass is 10.1. The second kappa shape index (κ2) is 10.7. The Morgan fingerprint density at radius 2 is 2.00 bits per heavy atom. The first-order chi connectivity index (χ1) is 16.1. The Kier molecular flexibility index (Phi) is 7.31. The lowest BCUT2D eigenvalue weighted by Crippen LogP contribution is -2.12. The van der Waals surface area contributed by atoms with Gasteiger partial charge in [0, 0.05) is 35.9 Å². The number of hydrogen-bond donors (Lipinski definition) is 1. The third kappa shape index (κ3) is 6.17. The normalized spacial score (nSPS) is 10.7. The van der Waals surface area contributed by atoms with Gasteiger partial charge in [-0.1, -0.05) is 17.3 Å². The van der Waals surface area contributed by atoms with Crippen molar-refractivity contribution in [2.45, 2.75) is 26.2 Å². The van der Waals surface area contributed by atoms with Crippen molar-refractivity contribution in [2.24, 2.45) is 0 Å². The maximum absolute atomic E-state index is 12.3. The van der Waals surface area contributed by atoms with Crippen molar-refractivity contribution in [1.82, 2.24) is 15.1 Å². The highest BCUT2D eigenvalue weighted by Crippen LogP contribution is 2.24. The zero-order valence-corrected chi connectivity index (χ0v) is 19.2. The zero-order valence-electron chi connectivity index (χ0n) is 18.4. The second-order valence-electron chi connectivity index (χ2n) is 7.18. The van der Waals surface area contributed by atoms with Crippen molar-refractivity contribution in [3.05, 3.63) is 71.1 Å². The van der Waals surface area contributed by atoms with Gasteiger partial charge in [0.05, 0.1) is 13.7 Å². The molecule has 0 bridgehead atoms. The molecular formula is C24H24N4O4S. The van der Waals surface area contributed by atoms with E-state index < -0.39 is 0 Å². The van der Waals surface area contributed by atoms with Gasteiger partial charge >= 0.3 is 0 Å². The molecular weight excluding hydrogens is 440 g/mol. The molecule has 0 fully saturated rings. The molecule has 8 nitrogen and oxygen atoms in total. The average Bonchev–Trinajstić information content (AvgIpc) is 3.48. The number of carbonyl (C=O) groups excluding carboxylic acids is 1. The minimum atomic E-state index is -0.155. The maximum atomic E-state index is 12.3. The predicted molar refractivity (Wildman–Crippen MR) is 126 cm³/mol. The first kappa shape index (κ1) is 22.5. The molecule has 170 valence electrons. The van der Waals surface area contributed by atoms with Crippen LogP contribution in [0.1, 0.15) is 29.7 Å².